The van der Waals surface area contributed by atoms with Crippen LogP contribution in [0.1, 0.15) is 24.0 Å². The highest BCUT2D eigenvalue weighted by molar-refractivity contribution is 6.33. The van der Waals surface area contributed by atoms with Crippen LogP contribution in [-0.4, -0.2) is 24.5 Å². The lowest BCUT2D eigenvalue weighted by Crippen LogP contribution is -2.51. The van der Waals surface area contributed by atoms with Crippen LogP contribution in [-0.2, 0) is 16.0 Å². The minimum absolute atomic E-state index is 0.162. The predicted octanol–water partition coefficient (Wildman–Crippen LogP) is 3.49. The minimum atomic E-state index is -0.832. The number of hydrogen-bond acceptors (Lipinski definition) is 4. The first-order chi connectivity index (χ1) is 13.5. The van der Waals surface area contributed by atoms with Crippen LogP contribution in [0.3, 0.4) is 0 Å². The van der Waals surface area contributed by atoms with Gasteiger partial charge < -0.3 is 4.74 Å². The second-order valence-electron chi connectivity index (χ2n) is 6.28. The Bertz CT molecular complexity index is 903. The van der Waals surface area contributed by atoms with Crippen molar-refractivity contribution < 1.29 is 19.1 Å². The van der Waals surface area contributed by atoms with Crippen LogP contribution in [0, 0.1) is 0 Å². The van der Waals surface area contributed by atoms with E-state index in [2.05, 4.69) is 12.1 Å². The molecular formula is C21H19ClN2O4. The highest BCUT2D eigenvalue weighted by Gasteiger charge is 2.27. The fourth-order valence-corrected chi connectivity index (χ4v) is 3.00. The second-order valence-corrected chi connectivity index (χ2v) is 6.68. The zero-order valence-corrected chi connectivity index (χ0v) is 15.8. The average molecular weight is 399 g/mol. The van der Waals surface area contributed by atoms with Crippen molar-refractivity contribution in [3.8, 4) is 5.75 Å². The van der Waals surface area contributed by atoms with Crippen molar-refractivity contribution in [3.05, 3.63) is 70.3 Å². The van der Waals surface area contributed by atoms with Crippen LogP contribution < -0.4 is 15.4 Å². The van der Waals surface area contributed by atoms with E-state index in [-0.39, 0.29) is 5.57 Å². The number of rotatable bonds is 7. The maximum atomic E-state index is 11.8. The lowest BCUT2D eigenvalue weighted by molar-refractivity contribution is -0.123. The third-order valence-electron chi connectivity index (χ3n) is 4.17. The van der Waals surface area contributed by atoms with Crippen molar-refractivity contribution in [3.63, 3.8) is 0 Å². The predicted molar refractivity (Wildman–Crippen MR) is 106 cm³/mol. The summed E-state index contributed by atoms with van der Waals surface area (Å²) in [5.74, 6) is -0.955. The molecule has 1 aliphatic heterocycles. The highest BCUT2D eigenvalue weighted by atomic mass is 35.5. The number of hydrogen-bond donors (Lipinski definition) is 2. The van der Waals surface area contributed by atoms with Gasteiger partial charge in [0, 0.05) is 0 Å². The van der Waals surface area contributed by atoms with Crippen LogP contribution >= 0.6 is 11.6 Å². The summed E-state index contributed by atoms with van der Waals surface area (Å²) in [6, 6.07) is 14.4. The number of benzene rings is 2. The summed E-state index contributed by atoms with van der Waals surface area (Å²) in [5.41, 5.74) is 1.69. The maximum Gasteiger partial charge on any atom is 0.328 e. The van der Waals surface area contributed by atoms with Crippen molar-refractivity contribution in [1.82, 2.24) is 10.6 Å². The zero-order valence-electron chi connectivity index (χ0n) is 15.0. The lowest BCUT2D eigenvalue weighted by Gasteiger charge is -2.14. The van der Waals surface area contributed by atoms with Gasteiger partial charge in [-0.05, 0) is 48.6 Å². The topological polar surface area (TPSA) is 84.5 Å². The third kappa shape index (κ3) is 5.20. The molecule has 2 aromatic carbocycles. The molecule has 4 amide bonds. The van der Waals surface area contributed by atoms with E-state index in [0.717, 1.165) is 19.3 Å². The van der Waals surface area contributed by atoms with Gasteiger partial charge in [-0.2, -0.15) is 0 Å². The molecule has 0 radical (unpaired) electrons. The third-order valence-corrected chi connectivity index (χ3v) is 4.47. The largest absolute Gasteiger partial charge is 0.492 e. The standard InChI is InChI=1S/C21H19ClN2O4/c22-17-13-15(12-16-19(25)23-21(27)24-20(16)26)9-10-18(17)28-11-5-4-8-14-6-2-1-3-7-14/h1-3,6-7,9-10,12-13H,4-5,8,11H2,(H2,23,24,25,26,27). The molecule has 1 fully saturated rings. The van der Waals surface area contributed by atoms with E-state index in [0.29, 0.717) is 22.9 Å². The Morgan fingerprint density at radius 1 is 0.929 bits per heavy atom. The van der Waals surface area contributed by atoms with E-state index in [9.17, 15) is 14.4 Å². The van der Waals surface area contributed by atoms with Gasteiger partial charge >= 0.3 is 6.03 Å². The Morgan fingerprint density at radius 3 is 2.32 bits per heavy atom. The molecule has 2 aromatic rings. The minimum Gasteiger partial charge on any atom is -0.492 e. The van der Waals surface area contributed by atoms with Crippen molar-refractivity contribution >= 4 is 35.5 Å². The van der Waals surface area contributed by atoms with Gasteiger partial charge in [-0.25, -0.2) is 4.79 Å². The molecule has 3 rings (SSSR count). The van der Waals surface area contributed by atoms with Gasteiger partial charge in [0.15, 0.2) is 0 Å². The van der Waals surface area contributed by atoms with Gasteiger partial charge in [-0.1, -0.05) is 48.0 Å². The Labute approximate surface area is 167 Å². The van der Waals surface area contributed by atoms with E-state index >= 15 is 0 Å². The number of amides is 4. The molecule has 28 heavy (non-hydrogen) atoms. The summed E-state index contributed by atoms with van der Waals surface area (Å²) < 4.78 is 5.72. The fraction of sp³-hybridized carbons (Fsp3) is 0.190. The number of urea groups is 1. The number of aryl methyl sites for hydroxylation is 1. The number of unbranched alkanes of at least 4 members (excludes halogenated alkanes) is 1. The molecule has 0 aromatic heterocycles. The van der Waals surface area contributed by atoms with E-state index in [1.807, 2.05) is 28.8 Å². The van der Waals surface area contributed by atoms with Crippen molar-refractivity contribution in [2.45, 2.75) is 19.3 Å². The number of barbiturate groups is 1. The molecule has 2 N–H and O–H groups in total. The molecular weight excluding hydrogens is 380 g/mol. The molecule has 1 heterocycles. The van der Waals surface area contributed by atoms with E-state index in [1.54, 1.807) is 18.2 Å². The second kappa shape index (κ2) is 9.19. The summed E-state index contributed by atoms with van der Waals surface area (Å²) in [6.07, 6.45) is 4.27. The summed E-state index contributed by atoms with van der Waals surface area (Å²) in [4.78, 5) is 34.6. The fourth-order valence-electron chi connectivity index (χ4n) is 2.75. The molecule has 0 unspecified atom stereocenters. The van der Waals surface area contributed by atoms with Crippen LogP contribution in [0.25, 0.3) is 6.08 Å². The zero-order chi connectivity index (χ0) is 19.9. The SMILES string of the molecule is O=C1NC(=O)C(=Cc2ccc(OCCCCc3ccccc3)c(Cl)c2)C(=O)N1. The maximum absolute atomic E-state index is 11.8. The van der Waals surface area contributed by atoms with Gasteiger partial charge in [-0.15, -0.1) is 0 Å². The quantitative estimate of drug-likeness (QED) is 0.425. The van der Waals surface area contributed by atoms with Crippen LogP contribution in [0.4, 0.5) is 4.79 Å². The van der Waals surface area contributed by atoms with Gasteiger partial charge in [-0.3, -0.25) is 20.2 Å². The molecule has 144 valence electrons. The first-order valence-electron chi connectivity index (χ1n) is 8.87. The highest BCUT2D eigenvalue weighted by Crippen LogP contribution is 2.27. The molecule has 6 nitrogen and oxygen atoms in total. The molecule has 1 saturated heterocycles. The Morgan fingerprint density at radius 2 is 1.64 bits per heavy atom. The number of ether oxygens (including phenoxy) is 1. The molecule has 0 aliphatic carbocycles. The summed E-state index contributed by atoms with van der Waals surface area (Å²) >= 11 is 6.24. The number of imide groups is 2. The average Bonchev–Trinajstić information content (AvgIpc) is 2.66. The van der Waals surface area contributed by atoms with Gasteiger partial charge in [0.05, 0.1) is 11.6 Å². The summed E-state index contributed by atoms with van der Waals surface area (Å²) in [6.45, 7) is 0.542. The Balaban J connectivity index is 1.54. The first-order valence-corrected chi connectivity index (χ1v) is 9.25. The van der Waals surface area contributed by atoms with E-state index < -0.39 is 17.8 Å². The van der Waals surface area contributed by atoms with Crippen molar-refractivity contribution in [2.75, 3.05) is 6.61 Å². The summed E-state index contributed by atoms with van der Waals surface area (Å²) in [5, 5.41) is 4.42. The van der Waals surface area contributed by atoms with Crippen LogP contribution in [0.15, 0.2) is 54.1 Å². The van der Waals surface area contributed by atoms with Crippen molar-refractivity contribution in [1.29, 1.82) is 0 Å². The van der Waals surface area contributed by atoms with Crippen LogP contribution in [0.2, 0.25) is 5.02 Å². The van der Waals surface area contributed by atoms with Gasteiger partial charge in [0.2, 0.25) is 0 Å². The molecule has 0 bridgehead atoms. The monoisotopic (exact) mass is 398 g/mol. The number of carbonyl (C=O) groups excluding carboxylic acids is 3. The molecule has 0 atom stereocenters. The van der Waals surface area contributed by atoms with E-state index in [1.165, 1.54) is 11.6 Å². The van der Waals surface area contributed by atoms with Crippen molar-refractivity contribution in [2.24, 2.45) is 0 Å². The normalized spacial score (nSPS) is 13.8. The molecule has 7 heteroatoms. The van der Waals surface area contributed by atoms with Gasteiger partial charge in [0.25, 0.3) is 11.8 Å². The van der Waals surface area contributed by atoms with Crippen LogP contribution in [0.5, 0.6) is 5.75 Å². The number of nitrogens with one attached hydrogen (secondary N) is 2. The number of halogens is 1. The lowest BCUT2D eigenvalue weighted by atomic mass is 10.1. The Hall–Kier alpha value is -3.12. The van der Waals surface area contributed by atoms with E-state index in [4.69, 9.17) is 16.3 Å². The van der Waals surface area contributed by atoms with Gasteiger partial charge in [0.1, 0.15) is 11.3 Å². The first kappa shape index (κ1) is 19.6. The smallest absolute Gasteiger partial charge is 0.328 e. The molecule has 1 aliphatic rings. The molecule has 0 saturated carbocycles. The Kier molecular flexibility index (Phi) is 6.45. The molecule has 0 spiro atoms. The number of carbonyl (C=O) groups is 3. The summed E-state index contributed by atoms with van der Waals surface area (Å²) in [7, 11) is 0.